The van der Waals surface area contributed by atoms with E-state index in [-0.39, 0.29) is 36.4 Å². The summed E-state index contributed by atoms with van der Waals surface area (Å²) in [6, 6.07) is 4.42. The molecule has 1 aromatic rings. The molecule has 1 amide bonds. The van der Waals surface area contributed by atoms with Crippen LogP contribution in [0.2, 0.25) is 0 Å². The molecule has 0 saturated heterocycles. The van der Waals surface area contributed by atoms with Crippen LogP contribution in [0.25, 0.3) is 0 Å². The Balaban J connectivity index is 0.00000484. The molecule has 1 N–H and O–H groups in total. The highest BCUT2D eigenvalue weighted by Crippen LogP contribution is 2.04. The molecule has 23 heavy (non-hydrogen) atoms. The molecule has 0 saturated carbocycles. The fourth-order valence-electron chi connectivity index (χ4n) is 1.86. The van der Waals surface area contributed by atoms with E-state index in [0.29, 0.717) is 6.04 Å². The fourth-order valence-corrected chi connectivity index (χ4v) is 1.86. The van der Waals surface area contributed by atoms with Crippen LogP contribution in [0.5, 0.6) is 0 Å². The number of likely N-dealkylation sites (N-methyl/N-ethyl adjacent to an activating group) is 1. The lowest BCUT2D eigenvalue weighted by molar-refractivity contribution is -0.127. The zero-order valence-corrected chi connectivity index (χ0v) is 17.4. The Morgan fingerprint density at radius 2 is 2.04 bits per heavy atom. The average molecular weight is 435 g/mol. The van der Waals surface area contributed by atoms with Crippen LogP contribution >= 0.6 is 24.0 Å². The molecular weight excluding hydrogens is 405 g/mol. The number of hydrogen-bond donors (Lipinski definition) is 1. The van der Waals surface area contributed by atoms with Gasteiger partial charge >= 0.3 is 0 Å². The summed E-state index contributed by atoms with van der Waals surface area (Å²) in [6.45, 7) is 5.13. The van der Waals surface area contributed by atoms with E-state index in [1.165, 1.54) is 5.69 Å². The molecule has 1 rings (SSSR count). The van der Waals surface area contributed by atoms with Crippen molar-refractivity contribution in [2.75, 3.05) is 27.7 Å². The molecule has 1 aromatic heterocycles. The number of nitrogens with one attached hydrogen (secondary N) is 1. The Labute approximate surface area is 157 Å². The molecule has 1 heterocycles. The van der Waals surface area contributed by atoms with E-state index < -0.39 is 0 Å². The molecule has 0 radical (unpaired) electrons. The standard InChI is InChI=1S/C16H29N5O.HI/c1-7-13(2)18-16(17-11-15(22)19(3)4)21(6)12-14-9-8-10-20(14)5;/h8-10,13H,7,11-12H2,1-6H3,(H,17,18);1H. The third kappa shape index (κ3) is 7.24. The summed E-state index contributed by atoms with van der Waals surface area (Å²) in [7, 11) is 7.50. The number of halogens is 1. The highest BCUT2D eigenvalue weighted by molar-refractivity contribution is 14.0. The molecule has 0 spiro atoms. The number of guanidine groups is 1. The first-order chi connectivity index (χ1) is 10.3. The van der Waals surface area contributed by atoms with Crippen molar-refractivity contribution < 1.29 is 4.79 Å². The van der Waals surface area contributed by atoms with E-state index in [1.807, 2.05) is 31.3 Å². The number of aryl methyl sites for hydroxylation is 1. The number of rotatable bonds is 6. The van der Waals surface area contributed by atoms with Crippen molar-refractivity contribution in [1.29, 1.82) is 0 Å². The number of amides is 1. The lowest BCUT2D eigenvalue weighted by Crippen LogP contribution is -2.43. The minimum atomic E-state index is -0.00396. The lowest BCUT2D eigenvalue weighted by Gasteiger charge is -2.25. The highest BCUT2D eigenvalue weighted by atomic mass is 127. The van der Waals surface area contributed by atoms with Gasteiger partial charge in [0.05, 0.1) is 6.54 Å². The Kier molecular flexibility index (Phi) is 9.94. The van der Waals surface area contributed by atoms with Gasteiger partial charge in [0.1, 0.15) is 6.54 Å². The number of carbonyl (C=O) groups is 1. The van der Waals surface area contributed by atoms with E-state index in [2.05, 4.69) is 34.8 Å². The van der Waals surface area contributed by atoms with Crippen molar-refractivity contribution in [3.05, 3.63) is 24.0 Å². The van der Waals surface area contributed by atoms with Gasteiger partial charge in [0.15, 0.2) is 5.96 Å². The number of nitrogens with zero attached hydrogens (tertiary/aromatic N) is 4. The molecular formula is C16H30IN5O. The van der Waals surface area contributed by atoms with Crippen LogP contribution in [0.4, 0.5) is 0 Å². The van der Waals surface area contributed by atoms with Crippen molar-refractivity contribution in [3.8, 4) is 0 Å². The van der Waals surface area contributed by atoms with Gasteiger partial charge in [-0.15, -0.1) is 24.0 Å². The van der Waals surface area contributed by atoms with Crippen LogP contribution in [-0.4, -0.2) is 60.0 Å². The quantitative estimate of drug-likeness (QED) is 0.422. The maximum Gasteiger partial charge on any atom is 0.243 e. The van der Waals surface area contributed by atoms with Crippen molar-refractivity contribution in [3.63, 3.8) is 0 Å². The maximum absolute atomic E-state index is 11.8. The highest BCUT2D eigenvalue weighted by Gasteiger charge is 2.12. The molecule has 1 atom stereocenters. The largest absolute Gasteiger partial charge is 0.354 e. The number of aromatic nitrogens is 1. The van der Waals surface area contributed by atoms with E-state index >= 15 is 0 Å². The molecule has 0 aliphatic carbocycles. The minimum absolute atomic E-state index is 0. The molecule has 132 valence electrons. The predicted molar refractivity (Wildman–Crippen MR) is 106 cm³/mol. The van der Waals surface area contributed by atoms with Crippen LogP contribution < -0.4 is 5.32 Å². The van der Waals surface area contributed by atoms with E-state index in [1.54, 1.807) is 19.0 Å². The van der Waals surface area contributed by atoms with Crippen molar-refractivity contribution in [1.82, 2.24) is 19.7 Å². The van der Waals surface area contributed by atoms with Crippen LogP contribution in [0.15, 0.2) is 23.3 Å². The zero-order chi connectivity index (χ0) is 16.7. The van der Waals surface area contributed by atoms with Gasteiger partial charge in [-0.1, -0.05) is 6.92 Å². The van der Waals surface area contributed by atoms with E-state index in [9.17, 15) is 4.79 Å². The summed E-state index contributed by atoms with van der Waals surface area (Å²) in [4.78, 5) is 19.8. The van der Waals surface area contributed by atoms with E-state index in [4.69, 9.17) is 0 Å². The van der Waals surface area contributed by atoms with Crippen molar-refractivity contribution in [2.24, 2.45) is 12.0 Å². The minimum Gasteiger partial charge on any atom is -0.354 e. The van der Waals surface area contributed by atoms with Crippen molar-refractivity contribution >= 4 is 35.8 Å². The Morgan fingerprint density at radius 3 is 2.52 bits per heavy atom. The SMILES string of the molecule is CCC(C)NC(=NCC(=O)N(C)C)N(C)Cc1cccn1C.I. The fraction of sp³-hybridized carbons (Fsp3) is 0.625. The van der Waals surface area contributed by atoms with E-state index in [0.717, 1.165) is 18.9 Å². The monoisotopic (exact) mass is 435 g/mol. The molecule has 0 bridgehead atoms. The number of aliphatic imine (C=N–C) groups is 1. The topological polar surface area (TPSA) is 52.9 Å². The smallest absolute Gasteiger partial charge is 0.243 e. The molecule has 0 aliphatic heterocycles. The average Bonchev–Trinajstić information content (AvgIpc) is 2.87. The summed E-state index contributed by atoms with van der Waals surface area (Å²) in [5, 5.41) is 3.39. The maximum atomic E-state index is 11.8. The second-order valence-electron chi connectivity index (χ2n) is 5.85. The first kappa shape index (κ1) is 21.8. The Hall–Kier alpha value is -1.25. The number of carbonyl (C=O) groups excluding carboxylic acids is 1. The first-order valence-electron chi connectivity index (χ1n) is 7.67. The molecule has 0 aromatic carbocycles. The Bertz CT molecular complexity index is 512. The lowest BCUT2D eigenvalue weighted by atomic mass is 10.3. The third-order valence-corrected chi connectivity index (χ3v) is 3.66. The van der Waals surface area contributed by atoms with Gasteiger partial charge in [-0.05, 0) is 25.5 Å². The van der Waals surface area contributed by atoms with Gasteiger partial charge in [0.2, 0.25) is 5.91 Å². The van der Waals surface area contributed by atoms with Crippen molar-refractivity contribution in [2.45, 2.75) is 32.9 Å². The van der Waals surface area contributed by atoms with Gasteiger partial charge in [0, 0.05) is 46.1 Å². The van der Waals surface area contributed by atoms with Crippen LogP contribution in [0, 0.1) is 0 Å². The second kappa shape index (κ2) is 10.5. The summed E-state index contributed by atoms with van der Waals surface area (Å²) in [5.41, 5.74) is 1.19. The summed E-state index contributed by atoms with van der Waals surface area (Å²) >= 11 is 0. The first-order valence-corrected chi connectivity index (χ1v) is 7.67. The van der Waals surface area contributed by atoms with Crippen LogP contribution in [-0.2, 0) is 18.4 Å². The summed E-state index contributed by atoms with van der Waals surface area (Å²) in [6.07, 6.45) is 3.02. The van der Waals surface area contributed by atoms with Gasteiger partial charge < -0.3 is 19.7 Å². The number of hydrogen-bond acceptors (Lipinski definition) is 2. The van der Waals surface area contributed by atoms with Gasteiger partial charge in [-0.2, -0.15) is 0 Å². The molecule has 0 aliphatic rings. The van der Waals surface area contributed by atoms with Crippen LogP contribution in [0.1, 0.15) is 26.0 Å². The second-order valence-corrected chi connectivity index (χ2v) is 5.85. The molecule has 1 unspecified atom stereocenters. The molecule has 6 nitrogen and oxygen atoms in total. The van der Waals surface area contributed by atoms with Gasteiger partial charge in [0.25, 0.3) is 0 Å². The zero-order valence-electron chi connectivity index (χ0n) is 15.0. The van der Waals surface area contributed by atoms with Gasteiger partial charge in [-0.3, -0.25) is 4.79 Å². The Morgan fingerprint density at radius 1 is 1.39 bits per heavy atom. The normalized spacial score (nSPS) is 12.3. The summed E-state index contributed by atoms with van der Waals surface area (Å²) in [5.74, 6) is 0.751. The molecule has 0 fully saturated rings. The predicted octanol–water partition coefficient (Wildman–Crippen LogP) is 1.91. The third-order valence-electron chi connectivity index (χ3n) is 3.66. The van der Waals surface area contributed by atoms with Gasteiger partial charge in [-0.25, -0.2) is 4.99 Å². The molecule has 7 heteroatoms. The van der Waals surface area contributed by atoms with Crippen LogP contribution in [0.3, 0.4) is 0 Å². The summed E-state index contributed by atoms with van der Waals surface area (Å²) < 4.78 is 2.09.